The topological polar surface area (TPSA) is 115 Å². The first-order valence-corrected chi connectivity index (χ1v) is 14.1. The molecule has 4 aliphatic rings. The van der Waals surface area contributed by atoms with Gasteiger partial charge in [-0.15, -0.1) is 11.3 Å². The van der Waals surface area contributed by atoms with Crippen LogP contribution >= 0.6 is 22.9 Å². The van der Waals surface area contributed by atoms with Crippen molar-refractivity contribution in [3.05, 3.63) is 50.6 Å². The van der Waals surface area contributed by atoms with Crippen LogP contribution in [0.3, 0.4) is 0 Å². The molecule has 0 aromatic carbocycles. The van der Waals surface area contributed by atoms with E-state index in [1.807, 2.05) is 31.2 Å². The summed E-state index contributed by atoms with van der Waals surface area (Å²) in [7, 11) is 2.06. The van der Waals surface area contributed by atoms with Crippen LogP contribution in [0.25, 0.3) is 0 Å². The molecule has 2 unspecified atom stereocenters. The number of rotatable bonds is 6. The van der Waals surface area contributed by atoms with E-state index in [9.17, 15) is 14.4 Å². The molecule has 1 aromatic heterocycles. The first-order valence-electron chi connectivity index (χ1n) is 12.9. The number of aromatic nitrogens is 1. The summed E-state index contributed by atoms with van der Waals surface area (Å²) in [6.07, 6.45) is 10.1. The first-order chi connectivity index (χ1) is 17.8. The lowest BCUT2D eigenvalue weighted by atomic mass is 9.81. The lowest BCUT2D eigenvalue weighted by Crippen LogP contribution is -2.56. The minimum absolute atomic E-state index is 0.00204. The molecule has 5 rings (SSSR count). The van der Waals surface area contributed by atoms with Crippen LogP contribution in [0.5, 0.6) is 0 Å². The van der Waals surface area contributed by atoms with Gasteiger partial charge in [-0.25, -0.2) is 4.98 Å². The molecule has 4 N–H and O–H groups in total. The van der Waals surface area contributed by atoms with Crippen molar-refractivity contribution < 1.29 is 14.4 Å². The summed E-state index contributed by atoms with van der Waals surface area (Å²) in [5.41, 5.74) is 1.49. The molecule has 3 heterocycles. The molecule has 0 spiro atoms. The van der Waals surface area contributed by atoms with Crippen LogP contribution in [0, 0.1) is 11.8 Å². The number of fused-ring (bicyclic) bond motifs is 2. The summed E-state index contributed by atoms with van der Waals surface area (Å²) in [4.78, 5) is 47.0. The molecular formula is C26H33ClN6O3S. The minimum Gasteiger partial charge on any atom is -0.374 e. The maximum absolute atomic E-state index is 13.3. The Labute approximate surface area is 225 Å². The van der Waals surface area contributed by atoms with Gasteiger partial charge in [0, 0.05) is 53.8 Å². The molecule has 2 aliphatic heterocycles. The number of likely N-dealkylation sites (N-methyl/N-ethyl adjacent to an activating group) is 1. The second-order valence-corrected chi connectivity index (χ2v) is 11.7. The molecule has 3 amide bonds. The zero-order valence-corrected chi connectivity index (χ0v) is 22.6. The van der Waals surface area contributed by atoms with Crippen molar-refractivity contribution >= 4 is 40.7 Å². The molecule has 37 heavy (non-hydrogen) atoms. The van der Waals surface area contributed by atoms with Crippen LogP contribution in [0.2, 0.25) is 0 Å². The van der Waals surface area contributed by atoms with Gasteiger partial charge in [-0.05, 0) is 45.4 Å². The number of carbonyl (C=O) groups excluding carboxylic acids is 3. The molecule has 0 radical (unpaired) electrons. The van der Waals surface area contributed by atoms with E-state index >= 15 is 0 Å². The predicted octanol–water partition coefficient (Wildman–Crippen LogP) is 1.81. The maximum atomic E-state index is 13.3. The number of nitrogens with zero attached hydrogens (tertiary/aromatic N) is 2. The van der Waals surface area contributed by atoms with Gasteiger partial charge in [0.1, 0.15) is 0 Å². The van der Waals surface area contributed by atoms with Crippen LogP contribution in [-0.4, -0.2) is 65.9 Å². The highest BCUT2D eigenvalue weighted by molar-refractivity contribution is 7.13. The number of halogens is 1. The highest BCUT2D eigenvalue weighted by Gasteiger charge is 2.37. The number of carbonyl (C=O) groups is 3. The van der Waals surface area contributed by atoms with Crippen molar-refractivity contribution in [2.45, 2.75) is 57.3 Å². The molecule has 1 fully saturated rings. The molecule has 1 saturated carbocycles. The molecular weight excluding hydrogens is 512 g/mol. The zero-order valence-electron chi connectivity index (χ0n) is 21.1. The maximum Gasteiger partial charge on any atom is 0.280 e. The van der Waals surface area contributed by atoms with Crippen molar-refractivity contribution in [3.63, 3.8) is 0 Å². The Bertz CT molecular complexity index is 1180. The molecule has 198 valence electrons. The average Bonchev–Trinajstić information content (AvgIpc) is 3.49. The summed E-state index contributed by atoms with van der Waals surface area (Å²) < 4.78 is 0. The smallest absolute Gasteiger partial charge is 0.280 e. The Hall–Kier alpha value is -2.69. The third kappa shape index (κ3) is 5.76. The molecule has 5 atom stereocenters. The van der Waals surface area contributed by atoms with Gasteiger partial charge < -0.3 is 26.2 Å². The van der Waals surface area contributed by atoms with Crippen molar-refractivity contribution in [1.82, 2.24) is 31.2 Å². The first kappa shape index (κ1) is 25.9. The van der Waals surface area contributed by atoms with Crippen LogP contribution < -0.4 is 21.3 Å². The standard InChI is InChI=1S/C26H33ClN6O3S/c1-3-28-23(34)14-4-6-18(30-24(35)21-12-15-10-16(27)5-7-17(15)29-21)20(11-14)31-25(36)26-32-19-8-9-33(2)13-22(19)37-26/h5,7,10,12,14-15,17-18,20,29H,3-4,6,8-9,11,13H2,1-2H3,(H,28,34)(H,30,35)(H,31,36)/t14-,15?,17?,18-,20+/m0/s1. The molecule has 11 heteroatoms. The fourth-order valence-electron chi connectivity index (χ4n) is 5.48. The molecule has 1 aromatic rings. The molecule has 0 bridgehead atoms. The summed E-state index contributed by atoms with van der Waals surface area (Å²) in [6.45, 7) is 4.16. The van der Waals surface area contributed by atoms with Crippen LogP contribution in [-0.2, 0) is 22.6 Å². The highest BCUT2D eigenvalue weighted by atomic mass is 35.5. The van der Waals surface area contributed by atoms with Crippen LogP contribution in [0.4, 0.5) is 0 Å². The van der Waals surface area contributed by atoms with Gasteiger partial charge in [-0.2, -0.15) is 0 Å². The second-order valence-electron chi connectivity index (χ2n) is 10.2. The number of hydrogen-bond acceptors (Lipinski definition) is 7. The Kier molecular flexibility index (Phi) is 7.69. The largest absolute Gasteiger partial charge is 0.374 e. The van der Waals surface area contributed by atoms with E-state index < -0.39 is 0 Å². The van der Waals surface area contributed by atoms with Crippen molar-refractivity contribution in [1.29, 1.82) is 0 Å². The molecule has 0 saturated heterocycles. The number of hydrogen-bond donors (Lipinski definition) is 4. The van der Waals surface area contributed by atoms with E-state index in [1.165, 1.54) is 11.3 Å². The number of allylic oxidation sites excluding steroid dienone is 2. The Morgan fingerprint density at radius 3 is 2.81 bits per heavy atom. The summed E-state index contributed by atoms with van der Waals surface area (Å²) in [5, 5.41) is 13.5. The van der Waals surface area contributed by atoms with E-state index in [1.54, 1.807) is 0 Å². The van der Waals surface area contributed by atoms with Crippen LogP contribution in [0.1, 0.15) is 46.6 Å². The zero-order chi connectivity index (χ0) is 26.1. The Morgan fingerprint density at radius 2 is 2.00 bits per heavy atom. The summed E-state index contributed by atoms with van der Waals surface area (Å²) in [6, 6.07) is -0.690. The second kappa shape index (κ2) is 11.0. The number of thiazole rings is 1. The molecule has 2 aliphatic carbocycles. The van der Waals surface area contributed by atoms with E-state index in [0.717, 1.165) is 30.1 Å². The number of nitrogens with one attached hydrogen (secondary N) is 4. The number of amides is 3. The SMILES string of the molecule is CCNC(=O)[C@H]1CC[C@H](NC(=O)C2=CC3C=C(Cl)C=CC3N2)[C@H](NC(=O)c2nc3c(s2)CN(C)CC3)C1. The van der Waals surface area contributed by atoms with Crippen molar-refractivity contribution in [3.8, 4) is 0 Å². The summed E-state index contributed by atoms with van der Waals surface area (Å²) >= 11 is 7.55. The monoisotopic (exact) mass is 544 g/mol. The van der Waals surface area contributed by atoms with Gasteiger partial charge in [0.15, 0.2) is 5.01 Å². The predicted molar refractivity (Wildman–Crippen MR) is 143 cm³/mol. The quantitative estimate of drug-likeness (QED) is 0.434. The van der Waals surface area contributed by atoms with Crippen molar-refractivity contribution in [2.24, 2.45) is 11.8 Å². The van der Waals surface area contributed by atoms with Gasteiger partial charge >= 0.3 is 0 Å². The van der Waals surface area contributed by atoms with E-state index in [0.29, 0.717) is 41.5 Å². The third-order valence-electron chi connectivity index (χ3n) is 7.48. The fourth-order valence-corrected chi connectivity index (χ4v) is 6.79. The average molecular weight is 545 g/mol. The molecule has 9 nitrogen and oxygen atoms in total. The highest BCUT2D eigenvalue weighted by Crippen LogP contribution is 2.29. The van der Waals surface area contributed by atoms with Gasteiger partial charge in [0.2, 0.25) is 5.91 Å². The normalized spacial score (nSPS) is 28.8. The van der Waals surface area contributed by atoms with Crippen LogP contribution in [0.15, 0.2) is 35.0 Å². The Morgan fingerprint density at radius 1 is 1.19 bits per heavy atom. The van der Waals surface area contributed by atoms with Gasteiger partial charge in [0.25, 0.3) is 11.8 Å². The lowest BCUT2D eigenvalue weighted by Gasteiger charge is -2.36. The van der Waals surface area contributed by atoms with Gasteiger partial charge in [-0.1, -0.05) is 23.8 Å². The van der Waals surface area contributed by atoms with E-state index in [2.05, 4.69) is 38.2 Å². The third-order valence-corrected chi connectivity index (χ3v) is 8.81. The van der Waals surface area contributed by atoms with Gasteiger partial charge in [0.05, 0.1) is 23.5 Å². The van der Waals surface area contributed by atoms with Gasteiger partial charge in [-0.3, -0.25) is 14.4 Å². The lowest BCUT2D eigenvalue weighted by molar-refractivity contribution is -0.126. The van der Waals surface area contributed by atoms with E-state index in [-0.39, 0.29) is 47.7 Å². The fraction of sp³-hybridized carbons (Fsp3) is 0.538. The minimum atomic E-state index is -0.389. The summed E-state index contributed by atoms with van der Waals surface area (Å²) in [5.74, 6) is -0.686. The van der Waals surface area contributed by atoms with Crippen molar-refractivity contribution in [2.75, 3.05) is 20.1 Å². The van der Waals surface area contributed by atoms with E-state index in [4.69, 9.17) is 11.6 Å². The Balaban J connectivity index is 1.29.